The van der Waals surface area contributed by atoms with Crippen molar-refractivity contribution in [2.75, 3.05) is 0 Å². The lowest BCUT2D eigenvalue weighted by molar-refractivity contribution is 0.416. The second kappa shape index (κ2) is 1.78. The molecule has 4 heteroatoms. The fourth-order valence-electron chi connectivity index (χ4n) is 0.404. The van der Waals surface area contributed by atoms with Gasteiger partial charge in [0.1, 0.15) is 0 Å². The molecule has 0 aliphatic heterocycles. The topological polar surface area (TPSA) is 38.0 Å². The van der Waals surface area contributed by atoms with Crippen LogP contribution in [-0.4, -0.2) is 14.9 Å². The van der Waals surface area contributed by atoms with E-state index in [1.54, 1.807) is 7.05 Å². The Kier molecular flexibility index (Phi) is 1.25. The van der Waals surface area contributed by atoms with Crippen LogP contribution in [-0.2, 0) is 7.05 Å². The Morgan fingerprint density at radius 3 is 2.62 bits per heavy atom. The van der Waals surface area contributed by atoms with Gasteiger partial charge in [0.2, 0.25) is 5.88 Å². The van der Waals surface area contributed by atoms with Gasteiger partial charge in [0, 0.05) is 7.05 Å². The number of hydrogen-bond acceptors (Lipinski definition) is 2. The molecule has 1 aromatic heterocycles. The van der Waals surface area contributed by atoms with E-state index in [2.05, 4.69) is 21.0 Å². The molecule has 1 aromatic rings. The third kappa shape index (κ3) is 0.709. The summed E-state index contributed by atoms with van der Waals surface area (Å²) >= 11 is 3.08. The molecule has 0 radical (unpaired) electrons. The lowest BCUT2D eigenvalue weighted by atomic mass is 10.7. The Bertz CT molecular complexity index is 176. The van der Waals surface area contributed by atoms with Gasteiger partial charge < -0.3 is 5.11 Å². The summed E-state index contributed by atoms with van der Waals surface area (Å²) in [7, 11) is 1.67. The summed E-state index contributed by atoms with van der Waals surface area (Å²) in [6, 6.07) is 0. The molecule has 44 valence electrons. The van der Waals surface area contributed by atoms with Crippen molar-refractivity contribution in [1.29, 1.82) is 0 Å². The van der Waals surface area contributed by atoms with E-state index >= 15 is 0 Å². The molecule has 0 fully saturated rings. The Morgan fingerprint density at radius 2 is 2.50 bits per heavy atom. The smallest absolute Gasteiger partial charge is 0.223 e. The molecular formula is C4H5BrN2O. The van der Waals surface area contributed by atoms with Gasteiger partial charge in [-0.2, -0.15) is 5.10 Å². The minimum Gasteiger partial charge on any atom is -0.493 e. The minimum atomic E-state index is 0.157. The second-order valence-electron chi connectivity index (χ2n) is 1.44. The second-order valence-corrected chi connectivity index (χ2v) is 2.29. The average Bonchev–Trinajstić information content (AvgIpc) is 1.98. The molecule has 1 heterocycles. The van der Waals surface area contributed by atoms with Crippen LogP contribution in [0.15, 0.2) is 10.7 Å². The molecule has 0 saturated heterocycles. The van der Waals surface area contributed by atoms with Crippen molar-refractivity contribution in [1.82, 2.24) is 9.78 Å². The van der Waals surface area contributed by atoms with Crippen molar-refractivity contribution in [3.63, 3.8) is 0 Å². The summed E-state index contributed by atoms with van der Waals surface area (Å²) in [6.07, 6.45) is 1.54. The van der Waals surface area contributed by atoms with Crippen LogP contribution in [0.5, 0.6) is 5.88 Å². The first-order chi connectivity index (χ1) is 3.72. The van der Waals surface area contributed by atoms with Crippen LogP contribution in [0.4, 0.5) is 0 Å². The zero-order valence-corrected chi connectivity index (χ0v) is 5.88. The maximum absolute atomic E-state index is 8.90. The first-order valence-electron chi connectivity index (χ1n) is 2.08. The molecule has 0 unspecified atom stereocenters. The molecule has 8 heavy (non-hydrogen) atoms. The quantitative estimate of drug-likeness (QED) is 0.638. The predicted octanol–water partition coefficient (Wildman–Crippen LogP) is 0.888. The number of hydrogen-bond donors (Lipinski definition) is 1. The molecule has 0 aromatic carbocycles. The standard InChI is InChI=1S/C4H5BrN2O/c1-7-4(8)3(5)2-6-7/h2,8H,1H3. The molecule has 1 N–H and O–H groups in total. The Balaban J connectivity index is 3.19. The van der Waals surface area contributed by atoms with Gasteiger partial charge >= 0.3 is 0 Å². The number of aromatic hydroxyl groups is 1. The summed E-state index contributed by atoms with van der Waals surface area (Å²) in [5.74, 6) is 0.157. The zero-order chi connectivity index (χ0) is 6.15. The van der Waals surface area contributed by atoms with Crippen molar-refractivity contribution in [3.8, 4) is 5.88 Å². The normalized spacial score (nSPS) is 9.75. The Labute approximate surface area is 55.1 Å². The van der Waals surface area contributed by atoms with Gasteiger partial charge in [-0.3, -0.25) is 0 Å². The molecule has 3 nitrogen and oxygen atoms in total. The fourth-order valence-corrected chi connectivity index (χ4v) is 0.752. The van der Waals surface area contributed by atoms with Gasteiger partial charge in [0.05, 0.1) is 10.7 Å². The van der Waals surface area contributed by atoms with E-state index in [9.17, 15) is 0 Å². The first-order valence-corrected chi connectivity index (χ1v) is 2.87. The molecule has 0 atom stereocenters. The van der Waals surface area contributed by atoms with Gasteiger partial charge in [-0.1, -0.05) is 0 Å². The van der Waals surface area contributed by atoms with E-state index in [4.69, 9.17) is 5.11 Å². The Hall–Kier alpha value is -0.510. The van der Waals surface area contributed by atoms with Gasteiger partial charge in [-0.25, -0.2) is 4.68 Å². The number of halogens is 1. The van der Waals surface area contributed by atoms with Crippen molar-refractivity contribution in [2.24, 2.45) is 7.05 Å². The minimum absolute atomic E-state index is 0.157. The van der Waals surface area contributed by atoms with Crippen LogP contribution < -0.4 is 0 Å². The predicted molar refractivity (Wildman–Crippen MR) is 32.6 cm³/mol. The SMILES string of the molecule is Cn1ncc(Br)c1O. The van der Waals surface area contributed by atoms with E-state index in [1.807, 2.05) is 0 Å². The number of aryl methyl sites for hydroxylation is 1. The zero-order valence-electron chi connectivity index (χ0n) is 4.30. The molecule has 0 amide bonds. The molecule has 0 spiro atoms. The van der Waals surface area contributed by atoms with Gasteiger partial charge in [-0.05, 0) is 15.9 Å². The van der Waals surface area contributed by atoms with Crippen molar-refractivity contribution in [2.45, 2.75) is 0 Å². The van der Waals surface area contributed by atoms with Crippen LogP contribution in [0.2, 0.25) is 0 Å². The highest BCUT2D eigenvalue weighted by atomic mass is 79.9. The highest BCUT2D eigenvalue weighted by Gasteiger charge is 1.99. The molecule has 0 bridgehead atoms. The number of nitrogens with zero attached hydrogens (tertiary/aromatic N) is 2. The van der Waals surface area contributed by atoms with Crippen molar-refractivity contribution >= 4 is 15.9 Å². The van der Waals surface area contributed by atoms with E-state index < -0.39 is 0 Å². The maximum atomic E-state index is 8.90. The Morgan fingerprint density at radius 1 is 1.88 bits per heavy atom. The maximum Gasteiger partial charge on any atom is 0.223 e. The summed E-state index contributed by atoms with van der Waals surface area (Å²) in [4.78, 5) is 0. The highest BCUT2D eigenvalue weighted by molar-refractivity contribution is 9.10. The highest BCUT2D eigenvalue weighted by Crippen LogP contribution is 2.20. The monoisotopic (exact) mass is 176 g/mol. The van der Waals surface area contributed by atoms with Crippen LogP contribution in [0.1, 0.15) is 0 Å². The van der Waals surface area contributed by atoms with Crippen molar-refractivity contribution < 1.29 is 5.11 Å². The molecule has 0 saturated carbocycles. The van der Waals surface area contributed by atoms with Crippen LogP contribution in [0, 0.1) is 0 Å². The van der Waals surface area contributed by atoms with Crippen LogP contribution in [0.25, 0.3) is 0 Å². The van der Waals surface area contributed by atoms with E-state index in [1.165, 1.54) is 10.9 Å². The van der Waals surface area contributed by atoms with Gasteiger partial charge in [-0.15, -0.1) is 0 Å². The van der Waals surface area contributed by atoms with E-state index in [0.717, 1.165) is 0 Å². The van der Waals surface area contributed by atoms with Crippen molar-refractivity contribution in [3.05, 3.63) is 10.7 Å². The fraction of sp³-hybridized carbons (Fsp3) is 0.250. The molecule has 0 aliphatic carbocycles. The number of aromatic nitrogens is 2. The molecule has 1 rings (SSSR count). The third-order valence-corrected chi connectivity index (χ3v) is 1.42. The van der Waals surface area contributed by atoms with E-state index in [0.29, 0.717) is 4.47 Å². The van der Waals surface area contributed by atoms with Gasteiger partial charge in [0.25, 0.3) is 0 Å². The summed E-state index contributed by atoms with van der Waals surface area (Å²) in [6.45, 7) is 0. The average molecular weight is 177 g/mol. The number of rotatable bonds is 0. The summed E-state index contributed by atoms with van der Waals surface area (Å²) in [5, 5.41) is 12.6. The largest absolute Gasteiger partial charge is 0.493 e. The first kappa shape index (κ1) is 5.62. The van der Waals surface area contributed by atoms with Gasteiger partial charge in [0.15, 0.2) is 0 Å². The molecular weight excluding hydrogens is 172 g/mol. The van der Waals surface area contributed by atoms with E-state index in [-0.39, 0.29) is 5.88 Å². The third-order valence-electron chi connectivity index (χ3n) is 0.864. The lowest BCUT2D eigenvalue weighted by Crippen LogP contribution is -1.86. The summed E-state index contributed by atoms with van der Waals surface area (Å²) in [5.41, 5.74) is 0. The van der Waals surface area contributed by atoms with Crippen LogP contribution >= 0.6 is 15.9 Å². The van der Waals surface area contributed by atoms with Crippen LogP contribution in [0.3, 0.4) is 0 Å². The lowest BCUT2D eigenvalue weighted by Gasteiger charge is -1.88. The summed E-state index contributed by atoms with van der Waals surface area (Å²) < 4.78 is 2.00. The molecule has 0 aliphatic rings.